The van der Waals surface area contributed by atoms with Gasteiger partial charge in [0, 0.05) is 24.7 Å². The highest BCUT2D eigenvalue weighted by Gasteiger charge is 2.32. The van der Waals surface area contributed by atoms with Crippen molar-refractivity contribution in [2.75, 3.05) is 13.1 Å². The number of benzene rings is 1. The normalized spacial score (nSPS) is 20.1. The summed E-state index contributed by atoms with van der Waals surface area (Å²) in [5.41, 5.74) is 6.60. The van der Waals surface area contributed by atoms with Crippen LogP contribution in [0.5, 0.6) is 0 Å². The van der Waals surface area contributed by atoms with Gasteiger partial charge in [-0.2, -0.15) is 0 Å². The Hall–Kier alpha value is -0.810. The van der Waals surface area contributed by atoms with Gasteiger partial charge in [-0.05, 0) is 30.9 Å². The summed E-state index contributed by atoms with van der Waals surface area (Å²) in [4.78, 5) is 14.6. The van der Waals surface area contributed by atoms with Gasteiger partial charge in [-0.25, -0.2) is 0 Å². The standard InChI is InChI=1S/C17H25ClN2O2.ClH/c1-2-3-10-20(12-13-6-4-5-7-15(13)18)17(21)16-9-8-14(11-19)22-16;/h4-7,14,16H,2-3,8-12,19H2,1H3;1H/t14-,16+;/m1./s1. The summed E-state index contributed by atoms with van der Waals surface area (Å²) in [6.45, 7) is 3.86. The second kappa shape index (κ2) is 10.1. The van der Waals surface area contributed by atoms with Gasteiger partial charge in [0.1, 0.15) is 6.10 Å². The number of rotatable bonds is 7. The number of carbonyl (C=O) groups is 1. The predicted molar refractivity (Wildman–Crippen MR) is 96.0 cm³/mol. The van der Waals surface area contributed by atoms with Crippen molar-refractivity contribution in [3.05, 3.63) is 34.9 Å². The lowest BCUT2D eigenvalue weighted by Gasteiger charge is -2.26. The van der Waals surface area contributed by atoms with Crippen molar-refractivity contribution in [1.29, 1.82) is 0 Å². The molecule has 2 N–H and O–H groups in total. The fourth-order valence-electron chi connectivity index (χ4n) is 2.71. The van der Waals surface area contributed by atoms with E-state index in [1.807, 2.05) is 29.2 Å². The Bertz CT molecular complexity index is 499. The minimum atomic E-state index is -0.354. The molecule has 0 saturated carbocycles. The van der Waals surface area contributed by atoms with E-state index in [4.69, 9.17) is 22.1 Å². The lowest BCUT2D eigenvalue weighted by Crippen LogP contribution is -2.40. The number of hydrogen-bond acceptors (Lipinski definition) is 3. The molecule has 1 aromatic carbocycles. The Morgan fingerprint density at radius 1 is 1.39 bits per heavy atom. The Morgan fingerprint density at radius 3 is 2.74 bits per heavy atom. The highest BCUT2D eigenvalue weighted by Crippen LogP contribution is 2.23. The Labute approximate surface area is 149 Å². The third-order valence-electron chi connectivity index (χ3n) is 4.06. The summed E-state index contributed by atoms with van der Waals surface area (Å²) >= 11 is 6.23. The summed E-state index contributed by atoms with van der Waals surface area (Å²) in [6.07, 6.45) is 3.30. The summed E-state index contributed by atoms with van der Waals surface area (Å²) < 4.78 is 5.75. The minimum Gasteiger partial charge on any atom is -0.364 e. The fourth-order valence-corrected chi connectivity index (χ4v) is 2.91. The van der Waals surface area contributed by atoms with Crippen LogP contribution in [0.2, 0.25) is 5.02 Å². The van der Waals surface area contributed by atoms with E-state index in [9.17, 15) is 4.79 Å². The van der Waals surface area contributed by atoms with Gasteiger partial charge in [-0.3, -0.25) is 4.79 Å². The van der Waals surface area contributed by atoms with Crippen LogP contribution < -0.4 is 5.73 Å². The van der Waals surface area contributed by atoms with Crippen LogP contribution in [0.25, 0.3) is 0 Å². The molecule has 1 aliphatic heterocycles. The third kappa shape index (κ3) is 5.64. The zero-order valence-electron chi connectivity index (χ0n) is 13.5. The Balaban J connectivity index is 0.00000264. The molecule has 1 aliphatic rings. The van der Waals surface area contributed by atoms with Gasteiger partial charge >= 0.3 is 0 Å². The molecular formula is C17H26Cl2N2O2. The van der Waals surface area contributed by atoms with Crippen molar-refractivity contribution in [1.82, 2.24) is 4.90 Å². The maximum Gasteiger partial charge on any atom is 0.252 e. The minimum absolute atomic E-state index is 0. The van der Waals surface area contributed by atoms with Crippen LogP contribution in [0.3, 0.4) is 0 Å². The molecule has 2 atom stereocenters. The average molecular weight is 361 g/mol. The molecule has 1 aromatic rings. The van der Waals surface area contributed by atoms with Gasteiger partial charge < -0.3 is 15.4 Å². The van der Waals surface area contributed by atoms with Gasteiger partial charge in [0.05, 0.1) is 6.10 Å². The number of hydrogen-bond donors (Lipinski definition) is 1. The zero-order chi connectivity index (χ0) is 15.9. The third-order valence-corrected chi connectivity index (χ3v) is 4.43. The first-order chi connectivity index (χ1) is 10.7. The smallest absolute Gasteiger partial charge is 0.252 e. The number of carbonyl (C=O) groups excluding carboxylic acids is 1. The molecule has 0 bridgehead atoms. The quantitative estimate of drug-likeness (QED) is 0.810. The van der Waals surface area contributed by atoms with Crippen molar-refractivity contribution >= 4 is 29.9 Å². The van der Waals surface area contributed by atoms with E-state index in [1.54, 1.807) is 0 Å². The van der Waals surface area contributed by atoms with Crippen molar-refractivity contribution in [2.24, 2.45) is 5.73 Å². The van der Waals surface area contributed by atoms with Crippen molar-refractivity contribution < 1.29 is 9.53 Å². The van der Waals surface area contributed by atoms with E-state index in [-0.39, 0.29) is 30.5 Å². The van der Waals surface area contributed by atoms with Crippen LogP contribution in [-0.2, 0) is 16.1 Å². The highest BCUT2D eigenvalue weighted by atomic mass is 35.5. The molecule has 0 aromatic heterocycles. The van der Waals surface area contributed by atoms with E-state index in [1.165, 1.54) is 0 Å². The largest absolute Gasteiger partial charge is 0.364 e. The van der Waals surface area contributed by atoms with Gasteiger partial charge in [0.2, 0.25) is 0 Å². The van der Waals surface area contributed by atoms with Crippen LogP contribution in [-0.4, -0.2) is 36.1 Å². The fraction of sp³-hybridized carbons (Fsp3) is 0.588. The number of amides is 1. The molecule has 1 heterocycles. The molecule has 130 valence electrons. The molecule has 0 radical (unpaired) electrons. The number of nitrogens with zero attached hydrogens (tertiary/aromatic N) is 1. The summed E-state index contributed by atoms with van der Waals surface area (Å²) in [5.74, 6) is 0.0596. The molecule has 4 nitrogen and oxygen atoms in total. The summed E-state index contributed by atoms with van der Waals surface area (Å²) in [7, 11) is 0. The van der Waals surface area contributed by atoms with E-state index >= 15 is 0 Å². The van der Waals surface area contributed by atoms with E-state index < -0.39 is 0 Å². The first kappa shape index (κ1) is 20.2. The van der Waals surface area contributed by atoms with Gasteiger partial charge in [0.15, 0.2) is 0 Å². The Morgan fingerprint density at radius 2 is 2.13 bits per heavy atom. The van der Waals surface area contributed by atoms with Crippen molar-refractivity contribution in [3.63, 3.8) is 0 Å². The number of unbranched alkanes of at least 4 members (excludes halogenated alkanes) is 1. The second-order valence-electron chi connectivity index (χ2n) is 5.76. The monoisotopic (exact) mass is 360 g/mol. The van der Waals surface area contributed by atoms with E-state index in [0.29, 0.717) is 18.1 Å². The predicted octanol–water partition coefficient (Wildman–Crippen LogP) is 3.40. The maximum absolute atomic E-state index is 12.7. The van der Waals surface area contributed by atoms with Crippen LogP contribution in [0.15, 0.2) is 24.3 Å². The number of halogens is 2. The number of ether oxygens (including phenoxy) is 1. The molecule has 0 aliphatic carbocycles. The summed E-state index contributed by atoms with van der Waals surface area (Å²) in [6, 6.07) is 7.67. The first-order valence-corrected chi connectivity index (χ1v) is 8.41. The molecule has 23 heavy (non-hydrogen) atoms. The maximum atomic E-state index is 12.7. The lowest BCUT2D eigenvalue weighted by atomic mass is 10.1. The van der Waals surface area contributed by atoms with E-state index in [2.05, 4.69) is 6.92 Å². The molecule has 0 spiro atoms. The first-order valence-electron chi connectivity index (χ1n) is 8.03. The van der Waals surface area contributed by atoms with Gasteiger partial charge in [0.25, 0.3) is 5.91 Å². The zero-order valence-corrected chi connectivity index (χ0v) is 15.1. The van der Waals surface area contributed by atoms with Crippen LogP contribution >= 0.6 is 24.0 Å². The summed E-state index contributed by atoms with van der Waals surface area (Å²) in [5, 5.41) is 0.698. The van der Waals surface area contributed by atoms with Gasteiger partial charge in [-0.15, -0.1) is 12.4 Å². The molecule has 1 saturated heterocycles. The lowest BCUT2D eigenvalue weighted by molar-refractivity contribution is -0.143. The molecule has 2 rings (SSSR count). The molecule has 0 unspecified atom stereocenters. The van der Waals surface area contributed by atoms with Crippen LogP contribution in [0.1, 0.15) is 38.2 Å². The number of nitrogens with two attached hydrogens (primary N) is 1. The Kier molecular flexibility index (Phi) is 8.92. The van der Waals surface area contributed by atoms with Gasteiger partial charge in [-0.1, -0.05) is 43.1 Å². The average Bonchev–Trinajstić information content (AvgIpc) is 3.01. The molecule has 6 heteroatoms. The molecule has 1 fully saturated rings. The van der Waals surface area contributed by atoms with Crippen LogP contribution in [0, 0.1) is 0 Å². The van der Waals surface area contributed by atoms with E-state index in [0.717, 1.165) is 37.8 Å². The SMILES string of the molecule is CCCCN(Cc1ccccc1Cl)C(=O)[C@@H]1CC[C@H](CN)O1.Cl. The van der Waals surface area contributed by atoms with Crippen LogP contribution in [0.4, 0.5) is 0 Å². The topological polar surface area (TPSA) is 55.6 Å². The van der Waals surface area contributed by atoms with Crippen molar-refractivity contribution in [2.45, 2.75) is 51.4 Å². The highest BCUT2D eigenvalue weighted by molar-refractivity contribution is 6.31. The molecular weight excluding hydrogens is 335 g/mol. The second-order valence-corrected chi connectivity index (χ2v) is 6.17. The van der Waals surface area contributed by atoms with Crippen molar-refractivity contribution in [3.8, 4) is 0 Å². The molecule has 1 amide bonds.